The van der Waals surface area contributed by atoms with Gasteiger partial charge >= 0.3 is 5.97 Å². The molecular formula is C19H25NO3. The average molecular weight is 315 g/mol. The second-order valence-electron chi connectivity index (χ2n) is 5.95. The lowest BCUT2D eigenvalue weighted by Crippen LogP contribution is -2.48. The van der Waals surface area contributed by atoms with Gasteiger partial charge in [0.15, 0.2) is 0 Å². The zero-order valence-electron chi connectivity index (χ0n) is 14.0. The standard InChI is InChI=1S/C19H25NO3/c1-3-11-19(14-17(21)23-4-2)12-8-13-20(18(19)22)15-16-9-6-5-7-10-16/h3,5-7,9-11H,4,8,12-15H2,1-2H3/b11-3+/t19-/m1/s1. The summed E-state index contributed by atoms with van der Waals surface area (Å²) in [5.74, 6) is -0.278. The van der Waals surface area contributed by atoms with Crippen molar-refractivity contribution in [3.63, 3.8) is 0 Å². The summed E-state index contributed by atoms with van der Waals surface area (Å²) < 4.78 is 5.07. The monoisotopic (exact) mass is 315 g/mol. The molecule has 4 heteroatoms. The molecule has 23 heavy (non-hydrogen) atoms. The molecule has 124 valence electrons. The first-order valence-electron chi connectivity index (χ1n) is 8.24. The summed E-state index contributed by atoms with van der Waals surface area (Å²) in [6.45, 7) is 5.32. The van der Waals surface area contributed by atoms with Crippen molar-refractivity contribution in [1.82, 2.24) is 4.90 Å². The minimum Gasteiger partial charge on any atom is -0.466 e. The van der Waals surface area contributed by atoms with Crippen molar-refractivity contribution in [3.8, 4) is 0 Å². The number of carbonyl (C=O) groups excluding carboxylic acids is 2. The quantitative estimate of drug-likeness (QED) is 0.597. The molecule has 0 N–H and O–H groups in total. The third-order valence-electron chi connectivity index (χ3n) is 4.23. The van der Waals surface area contributed by atoms with Crippen molar-refractivity contribution in [1.29, 1.82) is 0 Å². The molecule has 1 aliphatic rings. The van der Waals surface area contributed by atoms with Crippen LogP contribution < -0.4 is 0 Å². The Morgan fingerprint density at radius 3 is 2.74 bits per heavy atom. The number of allylic oxidation sites excluding steroid dienone is 1. The zero-order valence-corrected chi connectivity index (χ0v) is 14.0. The molecule has 4 nitrogen and oxygen atoms in total. The Hall–Kier alpha value is -2.10. The maximum atomic E-state index is 13.0. The molecule has 1 saturated heterocycles. The van der Waals surface area contributed by atoms with Crippen molar-refractivity contribution in [3.05, 3.63) is 48.0 Å². The van der Waals surface area contributed by atoms with Crippen LogP contribution in [0, 0.1) is 5.41 Å². The van der Waals surface area contributed by atoms with Crippen molar-refractivity contribution >= 4 is 11.9 Å². The van der Waals surface area contributed by atoms with Crippen molar-refractivity contribution < 1.29 is 14.3 Å². The van der Waals surface area contributed by atoms with Gasteiger partial charge in [0.1, 0.15) is 0 Å². The topological polar surface area (TPSA) is 46.6 Å². The average Bonchev–Trinajstić information content (AvgIpc) is 2.53. The van der Waals surface area contributed by atoms with Crippen LogP contribution in [0.25, 0.3) is 0 Å². The lowest BCUT2D eigenvalue weighted by molar-refractivity contribution is -0.154. The van der Waals surface area contributed by atoms with Gasteiger partial charge in [0.2, 0.25) is 5.91 Å². The first kappa shape index (κ1) is 17.3. The first-order chi connectivity index (χ1) is 11.1. The highest BCUT2D eigenvalue weighted by atomic mass is 16.5. The summed E-state index contributed by atoms with van der Waals surface area (Å²) in [5.41, 5.74) is 0.349. The zero-order chi connectivity index (χ0) is 16.7. The fourth-order valence-electron chi connectivity index (χ4n) is 3.23. The fraction of sp³-hybridized carbons (Fsp3) is 0.474. The Morgan fingerprint density at radius 2 is 2.09 bits per heavy atom. The van der Waals surface area contributed by atoms with Crippen molar-refractivity contribution in [2.75, 3.05) is 13.2 Å². The molecule has 1 fully saturated rings. The van der Waals surface area contributed by atoms with E-state index in [0.29, 0.717) is 19.6 Å². The lowest BCUT2D eigenvalue weighted by Gasteiger charge is -2.39. The summed E-state index contributed by atoms with van der Waals surface area (Å²) in [7, 11) is 0. The Kier molecular flexibility index (Phi) is 5.97. The van der Waals surface area contributed by atoms with E-state index in [9.17, 15) is 9.59 Å². The maximum Gasteiger partial charge on any atom is 0.307 e. The second kappa shape index (κ2) is 7.95. The predicted molar refractivity (Wildman–Crippen MR) is 89.6 cm³/mol. The first-order valence-corrected chi connectivity index (χ1v) is 8.24. The molecule has 0 aliphatic carbocycles. The van der Waals surface area contributed by atoms with Gasteiger partial charge in [-0.15, -0.1) is 0 Å². The van der Waals surface area contributed by atoms with E-state index in [1.54, 1.807) is 6.92 Å². The highest BCUT2D eigenvalue weighted by molar-refractivity contribution is 5.89. The van der Waals surface area contributed by atoms with Gasteiger partial charge in [-0.25, -0.2) is 0 Å². The molecule has 0 radical (unpaired) electrons. The minimum absolute atomic E-state index is 0.0266. The maximum absolute atomic E-state index is 13.0. The van der Waals surface area contributed by atoms with Crippen LogP contribution >= 0.6 is 0 Å². The number of amides is 1. The number of ether oxygens (including phenoxy) is 1. The van der Waals surface area contributed by atoms with E-state index >= 15 is 0 Å². The summed E-state index contributed by atoms with van der Waals surface area (Å²) in [6, 6.07) is 9.95. The van der Waals surface area contributed by atoms with E-state index in [-0.39, 0.29) is 18.3 Å². The van der Waals surface area contributed by atoms with Gasteiger partial charge < -0.3 is 9.64 Å². The third-order valence-corrected chi connectivity index (χ3v) is 4.23. The molecule has 0 aromatic heterocycles. The normalized spacial score (nSPS) is 21.7. The molecule has 0 spiro atoms. The SMILES string of the molecule is C/C=C/[C@]1(CC(=O)OCC)CCCN(Cc2ccccc2)C1=O. The Balaban J connectivity index is 2.18. The van der Waals surface area contributed by atoms with Gasteiger partial charge in [0, 0.05) is 13.1 Å². The van der Waals surface area contributed by atoms with E-state index in [1.807, 2.05) is 54.3 Å². The number of carbonyl (C=O) groups is 2. The number of esters is 1. The Labute approximate surface area is 138 Å². The molecule has 1 atom stereocenters. The Morgan fingerprint density at radius 1 is 1.35 bits per heavy atom. The summed E-state index contributed by atoms with van der Waals surface area (Å²) in [4.78, 5) is 26.9. The van der Waals surface area contributed by atoms with Crippen LogP contribution in [0.3, 0.4) is 0 Å². The molecule has 1 aromatic rings. The van der Waals surface area contributed by atoms with Gasteiger partial charge in [-0.1, -0.05) is 42.5 Å². The molecule has 1 aliphatic heterocycles. The molecular weight excluding hydrogens is 290 g/mol. The number of nitrogens with zero attached hydrogens (tertiary/aromatic N) is 1. The van der Waals surface area contributed by atoms with Crippen LogP contribution in [0.15, 0.2) is 42.5 Å². The summed E-state index contributed by atoms with van der Waals surface area (Å²) in [6.07, 6.45) is 5.45. The van der Waals surface area contributed by atoms with E-state index in [4.69, 9.17) is 4.74 Å². The molecule has 0 bridgehead atoms. The minimum atomic E-state index is -0.756. The molecule has 1 aromatic carbocycles. The fourth-order valence-corrected chi connectivity index (χ4v) is 3.23. The van der Waals surface area contributed by atoms with E-state index < -0.39 is 5.41 Å². The lowest BCUT2D eigenvalue weighted by atomic mass is 9.75. The van der Waals surface area contributed by atoms with Crippen LogP contribution in [0.4, 0.5) is 0 Å². The predicted octanol–water partition coefficient (Wildman–Crippen LogP) is 3.32. The van der Waals surface area contributed by atoms with Crippen LogP contribution in [0.5, 0.6) is 0 Å². The number of benzene rings is 1. The molecule has 1 amide bonds. The molecule has 2 rings (SSSR count). The number of hydrogen-bond donors (Lipinski definition) is 0. The Bertz CT molecular complexity index is 567. The van der Waals surface area contributed by atoms with Crippen LogP contribution in [0.2, 0.25) is 0 Å². The van der Waals surface area contributed by atoms with E-state index in [0.717, 1.165) is 18.5 Å². The van der Waals surface area contributed by atoms with Gasteiger partial charge in [0.05, 0.1) is 18.4 Å². The van der Waals surface area contributed by atoms with Crippen LogP contribution in [-0.2, 0) is 20.9 Å². The number of hydrogen-bond acceptors (Lipinski definition) is 3. The number of piperidine rings is 1. The van der Waals surface area contributed by atoms with Crippen LogP contribution in [0.1, 0.15) is 38.7 Å². The highest BCUT2D eigenvalue weighted by Gasteiger charge is 2.43. The summed E-state index contributed by atoms with van der Waals surface area (Å²) >= 11 is 0. The smallest absolute Gasteiger partial charge is 0.307 e. The second-order valence-corrected chi connectivity index (χ2v) is 5.95. The third kappa shape index (κ3) is 4.21. The number of rotatable bonds is 6. The van der Waals surface area contributed by atoms with E-state index in [1.165, 1.54) is 0 Å². The van der Waals surface area contributed by atoms with Gasteiger partial charge in [-0.05, 0) is 32.3 Å². The van der Waals surface area contributed by atoms with Crippen molar-refractivity contribution in [2.24, 2.45) is 5.41 Å². The molecule has 0 saturated carbocycles. The highest BCUT2D eigenvalue weighted by Crippen LogP contribution is 2.37. The van der Waals surface area contributed by atoms with Gasteiger partial charge in [0.25, 0.3) is 0 Å². The van der Waals surface area contributed by atoms with Gasteiger partial charge in [-0.3, -0.25) is 9.59 Å². The number of likely N-dealkylation sites (tertiary alicyclic amines) is 1. The van der Waals surface area contributed by atoms with Crippen molar-refractivity contribution in [2.45, 2.75) is 39.7 Å². The van der Waals surface area contributed by atoms with Crippen LogP contribution in [-0.4, -0.2) is 29.9 Å². The largest absolute Gasteiger partial charge is 0.466 e. The molecule has 0 unspecified atom stereocenters. The van der Waals surface area contributed by atoms with E-state index in [2.05, 4.69) is 0 Å². The summed E-state index contributed by atoms with van der Waals surface area (Å²) in [5, 5.41) is 0. The molecule has 1 heterocycles. The van der Waals surface area contributed by atoms with Gasteiger partial charge in [-0.2, -0.15) is 0 Å².